The van der Waals surface area contributed by atoms with E-state index in [0.717, 1.165) is 35.4 Å². The first-order valence-corrected chi connectivity index (χ1v) is 8.82. The van der Waals surface area contributed by atoms with E-state index in [0.29, 0.717) is 5.92 Å². The minimum atomic E-state index is -0.0902. The Balaban J connectivity index is 1.90. The monoisotopic (exact) mass is 335 g/mol. The largest absolute Gasteiger partial charge is 0.394 e. The molecular weight excluding hydrogens is 310 g/mol. The highest BCUT2D eigenvalue weighted by Crippen LogP contribution is 2.22. The van der Waals surface area contributed by atoms with Gasteiger partial charge >= 0.3 is 0 Å². The first-order valence-electron chi connectivity index (χ1n) is 8.82. The van der Waals surface area contributed by atoms with Crippen molar-refractivity contribution in [1.29, 1.82) is 0 Å². The summed E-state index contributed by atoms with van der Waals surface area (Å²) in [6.07, 6.45) is 1.58. The zero-order valence-electron chi connectivity index (χ0n) is 14.8. The Morgan fingerprint density at radius 1 is 0.920 bits per heavy atom. The van der Waals surface area contributed by atoms with Crippen LogP contribution >= 0.6 is 0 Å². The van der Waals surface area contributed by atoms with E-state index in [1.54, 1.807) is 0 Å². The van der Waals surface area contributed by atoms with Crippen molar-refractivity contribution in [2.24, 2.45) is 5.92 Å². The standard InChI is InChI=1S/C21H25N3O/c1-15(2)12-20-23-19-11-7-6-10-18(19)21(24-20)22-17(14-25)13-16-8-4-3-5-9-16/h3-11,15,17,25H,12-14H2,1-2H3,(H,22,23,24)/t17-/m0/s1. The number of rotatable bonds is 7. The van der Waals surface area contributed by atoms with Crippen molar-refractivity contribution in [3.63, 3.8) is 0 Å². The van der Waals surface area contributed by atoms with E-state index in [1.165, 1.54) is 5.56 Å². The van der Waals surface area contributed by atoms with E-state index < -0.39 is 0 Å². The maximum absolute atomic E-state index is 9.83. The van der Waals surface area contributed by atoms with Gasteiger partial charge in [0.15, 0.2) is 0 Å². The maximum Gasteiger partial charge on any atom is 0.137 e. The van der Waals surface area contributed by atoms with E-state index in [4.69, 9.17) is 4.98 Å². The van der Waals surface area contributed by atoms with Crippen molar-refractivity contribution in [3.8, 4) is 0 Å². The second kappa shape index (κ2) is 8.08. The molecule has 1 aromatic heterocycles. The van der Waals surface area contributed by atoms with Crippen LogP contribution in [0.4, 0.5) is 5.82 Å². The van der Waals surface area contributed by atoms with Gasteiger partial charge in [-0.3, -0.25) is 0 Å². The molecule has 3 aromatic rings. The topological polar surface area (TPSA) is 58.0 Å². The van der Waals surface area contributed by atoms with Gasteiger partial charge in [0.2, 0.25) is 0 Å². The molecule has 3 rings (SSSR count). The molecule has 0 aliphatic rings. The van der Waals surface area contributed by atoms with Crippen LogP contribution in [0.25, 0.3) is 10.9 Å². The van der Waals surface area contributed by atoms with Crippen LogP contribution in [-0.2, 0) is 12.8 Å². The Labute approximate surface area is 149 Å². The molecule has 0 aliphatic carbocycles. The van der Waals surface area contributed by atoms with Gasteiger partial charge in [0.05, 0.1) is 18.2 Å². The number of aliphatic hydroxyl groups is 1. The highest BCUT2D eigenvalue weighted by Gasteiger charge is 2.14. The van der Waals surface area contributed by atoms with Gasteiger partial charge in [-0.1, -0.05) is 56.3 Å². The predicted octanol–water partition coefficient (Wildman–Crippen LogP) is 3.84. The molecule has 0 fully saturated rings. The summed E-state index contributed by atoms with van der Waals surface area (Å²) in [6.45, 7) is 4.38. The third kappa shape index (κ3) is 4.54. The lowest BCUT2D eigenvalue weighted by Crippen LogP contribution is -2.27. The third-order valence-corrected chi connectivity index (χ3v) is 4.13. The van der Waals surface area contributed by atoms with Gasteiger partial charge in [0, 0.05) is 11.8 Å². The molecule has 0 amide bonds. The second-order valence-corrected chi connectivity index (χ2v) is 6.82. The zero-order valence-corrected chi connectivity index (χ0v) is 14.8. The van der Waals surface area contributed by atoms with Gasteiger partial charge in [-0.2, -0.15) is 0 Å². The van der Waals surface area contributed by atoms with Gasteiger partial charge in [0.1, 0.15) is 11.6 Å². The first-order chi connectivity index (χ1) is 12.2. The van der Waals surface area contributed by atoms with E-state index in [-0.39, 0.29) is 12.6 Å². The SMILES string of the molecule is CC(C)Cc1nc(N[C@H](CO)Cc2ccccc2)c2ccccc2n1. The highest BCUT2D eigenvalue weighted by molar-refractivity contribution is 5.89. The molecule has 4 nitrogen and oxygen atoms in total. The summed E-state index contributed by atoms with van der Waals surface area (Å²) >= 11 is 0. The Morgan fingerprint density at radius 2 is 1.64 bits per heavy atom. The number of hydrogen-bond acceptors (Lipinski definition) is 4. The Hall–Kier alpha value is -2.46. The molecule has 1 atom stereocenters. The Morgan fingerprint density at radius 3 is 2.36 bits per heavy atom. The Kier molecular flexibility index (Phi) is 5.61. The summed E-state index contributed by atoms with van der Waals surface area (Å²) in [5.41, 5.74) is 2.13. The fourth-order valence-corrected chi connectivity index (χ4v) is 2.94. The molecule has 0 radical (unpaired) electrons. The minimum Gasteiger partial charge on any atom is -0.394 e. The van der Waals surface area contributed by atoms with E-state index in [2.05, 4.69) is 36.3 Å². The quantitative estimate of drug-likeness (QED) is 0.689. The smallest absolute Gasteiger partial charge is 0.137 e. The van der Waals surface area contributed by atoms with Crippen molar-refractivity contribution in [2.45, 2.75) is 32.7 Å². The van der Waals surface area contributed by atoms with Crippen LogP contribution in [0, 0.1) is 5.92 Å². The van der Waals surface area contributed by atoms with E-state index in [9.17, 15) is 5.11 Å². The normalized spacial score (nSPS) is 12.5. The van der Waals surface area contributed by atoms with Gasteiger partial charge in [-0.25, -0.2) is 9.97 Å². The van der Waals surface area contributed by atoms with E-state index >= 15 is 0 Å². The number of hydrogen-bond donors (Lipinski definition) is 2. The molecule has 0 aliphatic heterocycles. The van der Waals surface area contributed by atoms with Crippen LogP contribution in [0.3, 0.4) is 0 Å². The maximum atomic E-state index is 9.83. The van der Waals surface area contributed by atoms with Gasteiger partial charge in [0.25, 0.3) is 0 Å². The number of nitrogens with zero attached hydrogens (tertiary/aromatic N) is 2. The number of benzene rings is 2. The zero-order chi connectivity index (χ0) is 17.6. The number of aliphatic hydroxyl groups excluding tert-OH is 1. The van der Waals surface area contributed by atoms with Crippen molar-refractivity contribution in [3.05, 3.63) is 66.0 Å². The van der Waals surface area contributed by atoms with Crippen LogP contribution in [0.1, 0.15) is 25.2 Å². The van der Waals surface area contributed by atoms with Crippen LogP contribution < -0.4 is 5.32 Å². The summed E-state index contributed by atoms with van der Waals surface area (Å²) in [5.74, 6) is 2.14. The van der Waals surface area contributed by atoms with Gasteiger partial charge < -0.3 is 10.4 Å². The highest BCUT2D eigenvalue weighted by atomic mass is 16.3. The van der Waals surface area contributed by atoms with Crippen molar-refractivity contribution in [1.82, 2.24) is 9.97 Å². The fraction of sp³-hybridized carbons (Fsp3) is 0.333. The average molecular weight is 335 g/mol. The van der Waals surface area contributed by atoms with Crippen LogP contribution in [0.15, 0.2) is 54.6 Å². The van der Waals surface area contributed by atoms with Crippen molar-refractivity contribution < 1.29 is 5.11 Å². The second-order valence-electron chi connectivity index (χ2n) is 6.82. The lowest BCUT2D eigenvalue weighted by atomic mass is 10.1. The summed E-state index contributed by atoms with van der Waals surface area (Å²) in [4.78, 5) is 9.42. The molecule has 130 valence electrons. The Bertz CT molecular complexity index is 818. The molecule has 0 unspecified atom stereocenters. The lowest BCUT2D eigenvalue weighted by molar-refractivity contribution is 0.273. The van der Waals surface area contributed by atoms with E-state index in [1.807, 2.05) is 42.5 Å². The average Bonchev–Trinajstić information content (AvgIpc) is 2.61. The van der Waals surface area contributed by atoms with Crippen LogP contribution in [0.5, 0.6) is 0 Å². The molecule has 2 N–H and O–H groups in total. The summed E-state index contributed by atoms with van der Waals surface area (Å²) in [7, 11) is 0. The number of para-hydroxylation sites is 1. The molecular formula is C21H25N3O. The summed E-state index contributed by atoms with van der Waals surface area (Å²) < 4.78 is 0. The fourth-order valence-electron chi connectivity index (χ4n) is 2.94. The van der Waals surface area contributed by atoms with Crippen molar-refractivity contribution in [2.75, 3.05) is 11.9 Å². The van der Waals surface area contributed by atoms with Gasteiger partial charge in [-0.05, 0) is 30.0 Å². The molecule has 1 heterocycles. The summed E-state index contributed by atoms with van der Waals surface area (Å²) in [5, 5.41) is 14.2. The van der Waals surface area contributed by atoms with Crippen molar-refractivity contribution >= 4 is 16.7 Å². The number of fused-ring (bicyclic) bond motifs is 1. The molecule has 0 saturated carbocycles. The first kappa shape index (κ1) is 17.4. The lowest BCUT2D eigenvalue weighted by Gasteiger charge is -2.19. The summed E-state index contributed by atoms with van der Waals surface area (Å²) in [6, 6.07) is 18.1. The predicted molar refractivity (Wildman–Crippen MR) is 103 cm³/mol. The minimum absolute atomic E-state index is 0.0484. The van der Waals surface area contributed by atoms with Crippen LogP contribution in [-0.4, -0.2) is 27.7 Å². The molecule has 0 saturated heterocycles. The molecule has 2 aromatic carbocycles. The third-order valence-electron chi connectivity index (χ3n) is 4.13. The number of nitrogens with one attached hydrogen (secondary N) is 1. The number of aromatic nitrogens is 2. The number of anilines is 1. The van der Waals surface area contributed by atoms with Gasteiger partial charge in [-0.15, -0.1) is 0 Å². The molecule has 0 spiro atoms. The molecule has 0 bridgehead atoms. The molecule has 25 heavy (non-hydrogen) atoms. The van der Waals surface area contributed by atoms with Crippen LogP contribution in [0.2, 0.25) is 0 Å². The molecule has 4 heteroatoms.